The number of benzene rings is 2. The summed E-state index contributed by atoms with van der Waals surface area (Å²) in [6.07, 6.45) is 4.91. The number of para-hydroxylation sites is 1. The second-order valence-electron chi connectivity index (χ2n) is 6.70. The molecule has 1 amide bonds. The lowest BCUT2D eigenvalue weighted by Gasteiger charge is -2.15. The first kappa shape index (κ1) is 21.0. The highest BCUT2D eigenvalue weighted by Crippen LogP contribution is 2.40. The highest BCUT2D eigenvalue weighted by molar-refractivity contribution is 6.06. The summed E-state index contributed by atoms with van der Waals surface area (Å²) in [6.45, 7) is 0. The molecule has 4 aromatic rings. The highest BCUT2D eigenvalue weighted by Gasteiger charge is 2.22. The number of nitrogens with zero attached hydrogens (tertiary/aromatic N) is 3. The summed E-state index contributed by atoms with van der Waals surface area (Å²) in [4.78, 5) is 13.2. The molecule has 0 atom stereocenters. The Morgan fingerprint density at radius 3 is 2.22 bits per heavy atom. The fourth-order valence-corrected chi connectivity index (χ4v) is 3.38. The van der Waals surface area contributed by atoms with E-state index in [0.29, 0.717) is 28.8 Å². The van der Waals surface area contributed by atoms with E-state index in [0.717, 1.165) is 0 Å². The monoisotopic (exact) mass is 436 g/mol. The SMILES string of the molecule is COc1cc(NC(=O)c2cnn(-c3ccccc3F)c2-n2cccc2)cc(OC)c1OC. The molecule has 32 heavy (non-hydrogen) atoms. The van der Waals surface area contributed by atoms with Crippen molar-refractivity contribution >= 4 is 11.6 Å². The summed E-state index contributed by atoms with van der Waals surface area (Å²) < 4.78 is 33.6. The first-order valence-electron chi connectivity index (χ1n) is 9.65. The lowest BCUT2D eigenvalue weighted by atomic mass is 10.2. The van der Waals surface area contributed by atoms with E-state index in [-0.39, 0.29) is 11.3 Å². The van der Waals surface area contributed by atoms with E-state index in [1.807, 2.05) is 0 Å². The Morgan fingerprint density at radius 2 is 1.62 bits per heavy atom. The summed E-state index contributed by atoms with van der Waals surface area (Å²) in [5, 5.41) is 7.11. The lowest BCUT2D eigenvalue weighted by molar-refractivity contribution is 0.102. The van der Waals surface area contributed by atoms with Crippen LogP contribution in [-0.4, -0.2) is 41.6 Å². The molecular weight excluding hydrogens is 415 g/mol. The third-order valence-corrected chi connectivity index (χ3v) is 4.84. The van der Waals surface area contributed by atoms with Gasteiger partial charge in [0.2, 0.25) is 5.75 Å². The molecule has 2 aromatic heterocycles. The van der Waals surface area contributed by atoms with Gasteiger partial charge in [0.05, 0.1) is 27.5 Å². The average Bonchev–Trinajstić information content (AvgIpc) is 3.48. The average molecular weight is 436 g/mol. The number of carbonyl (C=O) groups excluding carboxylic acids is 1. The van der Waals surface area contributed by atoms with Crippen LogP contribution in [0.3, 0.4) is 0 Å². The highest BCUT2D eigenvalue weighted by atomic mass is 19.1. The minimum Gasteiger partial charge on any atom is -0.493 e. The van der Waals surface area contributed by atoms with Crippen molar-refractivity contribution in [2.75, 3.05) is 26.6 Å². The molecular formula is C23H21FN4O4. The van der Waals surface area contributed by atoms with Crippen molar-refractivity contribution in [1.82, 2.24) is 14.3 Å². The van der Waals surface area contributed by atoms with Crippen LogP contribution in [0.15, 0.2) is 67.1 Å². The zero-order chi connectivity index (χ0) is 22.7. The number of ether oxygens (including phenoxy) is 3. The summed E-state index contributed by atoms with van der Waals surface area (Å²) >= 11 is 0. The van der Waals surface area contributed by atoms with Gasteiger partial charge in [-0.15, -0.1) is 0 Å². The molecule has 8 nitrogen and oxygen atoms in total. The molecule has 0 spiro atoms. The van der Waals surface area contributed by atoms with Gasteiger partial charge in [0.15, 0.2) is 17.3 Å². The molecule has 0 aliphatic carbocycles. The van der Waals surface area contributed by atoms with Crippen molar-refractivity contribution in [2.45, 2.75) is 0 Å². The third kappa shape index (κ3) is 3.76. The minimum atomic E-state index is -0.458. The molecule has 4 rings (SSSR count). The van der Waals surface area contributed by atoms with Crippen LogP contribution < -0.4 is 19.5 Å². The number of halogens is 1. The second kappa shape index (κ2) is 8.84. The molecule has 9 heteroatoms. The number of hydrogen-bond donors (Lipinski definition) is 1. The predicted octanol–water partition coefficient (Wildman–Crippen LogP) is 4.08. The van der Waals surface area contributed by atoms with Crippen LogP contribution in [0.5, 0.6) is 17.2 Å². The fraction of sp³-hybridized carbons (Fsp3) is 0.130. The zero-order valence-electron chi connectivity index (χ0n) is 17.7. The lowest BCUT2D eigenvalue weighted by Crippen LogP contribution is -2.16. The van der Waals surface area contributed by atoms with Crippen molar-refractivity contribution in [3.63, 3.8) is 0 Å². The van der Waals surface area contributed by atoms with Crippen LogP contribution in [0.1, 0.15) is 10.4 Å². The number of rotatable bonds is 7. The molecule has 0 radical (unpaired) electrons. The Labute approximate surface area is 183 Å². The summed E-state index contributed by atoms with van der Waals surface area (Å²) in [7, 11) is 4.48. The van der Waals surface area contributed by atoms with Crippen molar-refractivity contribution in [2.24, 2.45) is 0 Å². The molecule has 0 bridgehead atoms. The van der Waals surface area contributed by atoms with Gasteiger partial charge in [0, 0.05) is 30.2 Å². The molecule has 0 aliphatic rings. The fourth-order valence-electron chi connectivity index (χ4n) is 3.38. The molecule has 2 aromatic carbocycles. The normalized spacial score (nSPS) is 10.6. The Hall–Kier alpha value is -4.27. The number of amides is 1. The standard InChI is InChI=1S/C23H21FN4O4/c1-30-19-12-15(13-20(31-2)21(19)32-3)26-22(29)16-14-25-28(18-9-5-4-8-17(18)24)23(16)27-10-6-7-11-27/h4-14H,1-3H3,(H,26,29). The maximum absolute atomic E-state index is 14.5. The van der Waals surface area contributed by atoms with Gasteiger partial charge in [-0.2, -0.15) is 5.10 Å². The Balaban J connectivity index is 1.77. The summed E-state index contributed by atoms with van der Waals surface area (Å²) in [6, 6.07) is 13.1. The minimum absolute atomic E-state index is 0.225. The molecule has 164 valence electrons. The number of anilines is 1. The Morgan fingerprint density at radius 1 is 0.969 bits per heavy atom. The van der Waals surface area contributed by atoms with E-state index >= 15 is 0 Å². The van der Waals surface area contributed by atoms with Gasteiger partial charge < -0.3 is 24.1 Å². The van der Waals surface area contributed by atoms with Gasteiger partial charge in [0.25, 0.3) is 5.91 Å². The molecule has 0 fully saturated rings. The van der Waals surface area contributed by atoms with E-state index < -0.39 is 11.7 Å². The van der Waals surface area contributed by atoms with E-state index in [1.54, 1.807) is 59.4 Å². The van der Waals surface area contributed by atoms with E-state index in [9.17, 15) is 9.18 Å². The van der Waals surface area contributed by atoms with Crippen LogP contribution in [0, 0.1) is 5.82 Å². The molecule has 1 N–H and O–H groups in total. The number of carbonyl (C=O) groups is 1. The first-order valence-corrected chi connectivity index (χ1v) is 9.65. The molecule has 0 unspecified atom stereocenters. The maximum Gasteiger partial charge on any atom is 0.261 e. The molecule has 0 saturated heterocycles. The molecule has 2 heterocycles. The molecule has 0 saturated carbocycles. The number of aromatic nitrogens is 3. The predicted molar refractivity (Wildman–Crippen MR) is 117 cm³/mol. The maximum atomic E-state index is 14.5. The second-order valence-corrected chi connectivity index (χ2v) is 6.70. The van der Waals surface area contributed by atoms with E-state index in [4.69, 9.17) is 14.2 Å². The largest absolute Gasteiger partial charge is 0.493 e. The smallest absolute Gasteiger partial charge is 0.261 e. The Kier molecular flexibility index (Phi) is 5.80. The van der Waals surface area contributed by atoms with Gasteiger partial charge in [-0.1, -0.05) is 12.1 Å². The zero-order valence-corrected chi connectivity index (χ0v) is 17.7. The van der Waals surface area contributed by atoms with Crippen molar-refractivity contribution < 1.29 is 23.4 Å². The Bertz CT molecular complexity index is 1230. The van der Waals surface area contributed by atoms with Gasteiger partial charge >= 0.3 is 0 Å². The van der Waals surface area contributed by atoms with Gasteiger partial charge in [-0.05, 0) is 24.3 Å². The van der Waals surface area contributed by atoms with Crippen LogP contribution in [0.2, 0.25) is 0 Å². The van der Waals surface area contributed by atoms with E-state index in [2.05, 4.69) is 10.4 Å². The first-order chi connectivity index (χ1) is 15.6. The third-order valence-electron chi connectivity index (χ3n) is 4.84. The van der Waals surface area contributed by atoms with E-state index in [1.165, 1.54) is 38.3 Å². The van der Waals surface area contributed by atoms with Crippen LogP contribution in [0.25, 0.3) is 11.5 Å². The summed E-state index contributed by atoms with van der Waals surface area (Å²) in [5.41, 5.74) is 0.905. The topological polar surface area (TPSA) is 79.5 Å². The number of nitrogens with one attached hydrogen (secondary N) is 1. The van der Waals surface area contributed by atoms with Crippen molar-refractivity contribution in [1.29, 1.82) is 0 Å². The van der Waals surface area contributed by atoms with Crippen LogP contribution >= 0.6 is 0 Å². The van der Waals surface area contributed by atoms with Crippen molar-refractivity contribution in [3.05, 3.63) is 78.5 Å². The number of hydrogen-bond acceptors (Lipinski definition) is 5. The summed E-state index contributed by atoms with van der Waals surface area (Å²) in [5.74, 6) is 0.703. The van der Waals surface area contributed by atoms with Crippen molar-refractivity contribution in [3.8, 4) is 28.8 Å². The van der Waals surface area contributed by atoms with Gasteiger partial charge in [0.1, 0.15) is 17.1 Å². The van der Waals surface area contributed by atoms with Crippen LogP contribution in [0.4, 0.5) is 10.1 Å². The van der Waals surface area contributed by atoms with Crippen LogP contribution in [-0.2, 0) is 0 Å². The number of methoxy groups -OCH3 is 3. The van der Waals surface area contributed by atoms with Gasteiger partial charge in [-0.25, -0.2) is 9.07 Å². The molecule has 0 aliphatic heterocycles. The quantitative estimate of drug-likeness (QED) is 0.472. The van der Waals surface area contributed by atoms with Gasteiger partial charge in [-0.3, -0.25) is 4.79 Å².